The van der Waals surface area contributed by atoms with Gasteiger partial charge in [-0.3, -0.25) is 0 Å². The summed E-state index contributed by atoms with van der Waals surface area (Å²) in [4.78, 5) is 0. The van der Waals surface area contributed by atoms with Gasteiger partial charge in [-0.25, -0.2) is 0 Å². The van der Waals surface area contributed by atoms with Gasteiger partial charge in [0.1, 0.15) is 0 Å². The van der Waals surface area contributed by atoms with E-state index in [9.17, 15) is 0 Å². The van der Waals surface area contributed by atoms with Crippen LogP contribution in [-0.2, 0) is 11.8 Å². The Morgan fingerprint density at radius 1 is 1.00 bits per heavy atom. The average Bonchev–Trinajstić information content (AvgIpc) is 2.80. The highest BCUT2D eigenvalue weighted by Crippen LogP contribution is 2.50. The van der Waals surface area contributed by atoms with Crippen molar-refractivity contribution in [1.82, 2.24) is 0 Å². The number of unbranched alkanes of at least 4 members (excludes halogenated alkanes) is 2. The quantitative estimate of drug-likeness (QED) is 0.311. The number of fused-ring (bicyclic) bond motifs is 1. The maximum absolute atomic E-state index is 4.68. The van der Waals surface area contributed by atoms with E-state index in [1.165, 1.54) is 62.9 Å². The molecule has 0 saturated carbocycles. The molecular formula is C33H42. The van der Waals surface area contributed by atoms with Gasteiger partial charge in [-0.15, -0.1) is 0 Å². The minimum atomic E-state index is -0.0738. The van der Waals surface area contributed by atoms with Crippen LogP contribution in [0.4, 0.5) is 0 Å². The van der Waals surface area contributed by atoms with Gasteiger partial charge in [0, 0.05) is 17.4 Å². The molecule has 0 nitrogen and oxygen atoms in total. The van der Waals surface area contributed by atoms with Crippen LogP contribution in [0.15, 0.2) is 42.5 Å². The molecule has 1 aliphatic rings. The highest BCUT2D eigenvalue weighted by Gasteiger charge is 2.36. The van der Waals surface area contributed by atoms with Gasteiger partial charge >= 0.3 is 0 Å². The van der Waals surface area contributed by atoms with E-state index in [1.807, 2.05) is 0 Å². The van der Waals surface area contributed by atoms with Crippen LogP contribution in [-0.4, -0.2) is 0 Å². The maximum Gasteiger partial charge on any atom is 0.0280 e. The second-order valence-electron chi connectivity index (χ2n) is 10.3. The lowest BCUT2D eigenvalue weighted by Crippen LogP contribution is -2.26. The predicted molar refractivity (Wildman–Crippen MR) is 147 cm³/mol. The van der Waals surface area contributed by atoms with Crippen molar-refractivity contribution in [2.45, 2.75) is 98.8 Å². The molecule has 2 aromatic rings. The zero-order chi connectivity index (χ0) is 24.3. The van der Waals surface area contributed by atoms with Crippen LogP contribution in [0.25, 0.3) is 11.1 Å². The first kappa shape index (κ1) is 25.1. The molecule has 0 heteroatoms. The Morgan fingerprint density at radius 3 is 2.36 bits per heavy atom. The van der Waals surface area contributed by atoms with Crippen molar-refractivity contribution in [1.29, 1.82) is 0 Å². The Balaban J connectivity index is 2.22. The molecule has 0 spiro atoms. The van der Waals surface area contributed by atoms with Gasteiger partial charge in [0.05, 0.1) is 0 Å². The Kier molecular flexibility index (Phi) is 7.74. The summed E-state index contributed by atoms with van der Waals surface area (Å²) < 4.78 is 0. The summed E-state index contributed by atoms with van der Waals surface area (Å²) in [6.07, 6.45) is 5.45. The summed E-state index contributed by atoms with van der Waals surface area (Å²) >= 11 is 0. The van der Waals surface area contributed by atoms with Crippen molar-refractivity contribution in [3.8, 4) is 11.8 Å². The van der Waals surface area contributed by atoms with Crippen LogP contribution < -0.4 is 0 Å². The fourth-order valence-corrected chi connectivity index (χ4v) is 5.02. The second kappa shape index (κ2) is 10.2. The van der Waals surface area contributed by atoms with Crippen LogP contribution in [0.5, 0.6) is 0 Å². The van der Waals surface area contributed by atoms with Crippen molar-refractivity contribution in [2.24, 2.45) is 0 Å². The predicted octanol–water partition coefficient (Wildman–Crippen LogP) is 9.39. The standard InChI is InChI=1S/C33H42/c1-10-13-14-15-16-27-21-31-30(20-26(27)12-3)24(6)32(25(7)33(31,8)9)28-18-17-22(4)19-29(28)23(5)11-2/h17-21,23H,6,10-14H2,1-5,7-9H3. The average molecular weight is 439 g/mol. The maximum atomic E-state index is 4.68. The van der Waals surface area contributed by atoms with E-state index in [4.69, 9.17) is 0 Å². The lowest BCUT2D eigenvalue weighted by atomic mass is 9.65. The molecule has 174 valence electrons. The summed E-state index contributed by atoms with van der Waals surface area (Å²) in [6, 6.07) is 11.7. The smallest absolute Gasteiger partial charge is 0.0280 e. The third-order valence-corrected chi connectivity index (χ3v) is 7.74. The van der Waals surface area contributed by atoms with Crippen molar-refractivity contribution < 1.29 is 0 Å². The monoisotopic (exact) mass is 438 g/mol. The first-order valence-corrected chi connectivity index (χ1v) is 12.8. The third-order valence-electron chi connectivity index (χ3n) is 7.74. The molecule has 0 radical (unpaired) electrons. The topological polar surface area (TPSA) is 0 Å². The summed E-state index contributed by atoms with van der Waals surface area (Å²) in [5.74, 6) is 7.44. The van der Waals surface area contributed by atoms with Crippen LogP contribution in [0.2, 0.25) is 0 Å². The van der Waals surface area contributed by atoms with E-state index in [0.29, 0.717) is 5.92 Å². The van der Waals surface area contributed by atoms with Gasteiger partial charge in [0.15, 0.2) is 0 Å². The fraction of sp³-hybridized carbons (Fsp3) is 0.455. The lowest BCUT2D eigenvalue weighted by molar-refractivity contribution is 0.619. The first-order valence-electron chi connectivity index (χ1n) is 12.8. The van der Waals surface area contributed by atoms with E-state index in [0.717, 1.165) is 24.8 Å². The lowest BCUT2D eigenvalue weighted by Gasteiger charge is -2.38. The summed E-state index contributed by atoms with van der Waals surface area (Å²) in [5.41, 5.74) is 13.2. The molecule has 0 saturated heterocycles. The number of aryl methyl sites for hydroxylation is 2. The van der Waals surface area contributed by atoms with Crippen molar-refractivity contribution in [3.05, 3.63) is 81.4 Å². The molecule has 1 unspecified atom stereocenters. The van der Waals surface area contributed by atoms with Gasteiger partial charge in [-0.1, -0.05) is 95.7 Å². The number of benzene rings is 2. The number of rotatable bonds is 6. The second-order valence-corrected chi connectivity index (χ2v) is 10.3. The van der Waals surface area contributed by atoms with Crippen molar-refractivity contribution >= 4 is 11.1 Å². The number of allylic oxidation sites excluding steroid dienone is 3. The van der Waals surface area contributed by atoms with Gasteiger partial charge in [-0.05, 0) is 90.1 Å². The van der Waals surface area contributed by atoms with E-state index >= 15 is 0 Å². The number of hydrogen-bond donors (Lipinski definition) is 0. The molecular weight excluding hydrogens is 396 g/mol. The Hall–Kier alpha value is -2.52. The fourth-order valence-electron chi connectivity index (χ4n) is 5.02. The van der Waals surface area contributed by atoms with Crippen molar-refractivity contribution in [2.75, 3.05) is 0 Å². The van der Waals surface area contributed by atoms with Crippen LogP contribution >= 0.6 is 0 Å². The molecule has 0 heterocycles. The first-order chi connectivity index (χ1) is 15.7. The Bertz CT molecular complexity index is 1140. The molecule has 1 aliphatic carbocycles. The molecule has 0 bridgehead atoms. The Labute approximate surface area is 203 Å². The molecule has 1 atom stereocenters. The number of hydrogen-bond acceptors (Lipinski definition) is 0. The SMILES string of the molecule is C=C1C(c2ccc(C)cc2C(C)CC)=C(C)C(C)(C)c2cc(C#CCCCC)c(CC)cc21. The molecule has 0 N–H and O–H groups in total. The van der Waals surface area contributed by atoms with E-state index in [2.05, 4.69) is 104 Å². The zero-order valence-electron chi connectivity index (χ0n) is 22.2. The zero-order valence-corrected chi connectivity index (χ0v) is 22.2. The highest BCUT2D eigenvalue weighted by molar-refractivity contribution is 6.09. The van der Waals surface area contributed by atoms with Crippen LogP contribution in [0.3, 0.4) is 0 Å². The Morgan fingerprint density at radius 2 is 1.73 bits per heavy atom. The molecule has 0 fully saturated rings. The summed E-state index contributed by atoms with van der Waals surface area (Å²) in [5, 5.41) is 0. The summed E-state index contributed by atoms with van der Waals surface area (Å²) in [6.45, 7) is 23.0. The van der Waals surface area contributed by atoms with Gasteiger partial charge in [0.25, 0.3) is 0 Å². The largest absolute Gasteiger partial charge is 0.0979 e. The highest BCUT2D eigenvalue weighted by atomic mass is 14.4. The minimum Gasteiger partial charge on any atom is -0.0979 e. The summed E-state index contributed by atoms with van der Waals surface area (Å²) in [7, 11) is 0. The molecule has 2 aromatic carbocycles. The van der Waals surface area contributed by atoms with E-state index in [1.54, 1.807) is 0 Å². The minimum absolute atomic E-state index is 0.0738. The normalized spacial score (nSPS) is 15.7. The molecule has 33 heavy (non-hydrogen) atoms. The molecule has 0 aliphatic heterocycles. The molecule has 3 rings (SSSR count). The molecule has 0 aromatic heterocycles. The van der Waals surface area contributed by atoms with E-state index < -0.39 is 0 Å². The van der Waals surface area contributed by atoms with E-state index in [-0.39, 0.29) is 5.41 Å². The van der Waals surface area contributed by atoms with Gasteiger partial charge in [0.2, 0.25) is 0 Å². The molecule has 0 amide bonds. The third kappa shape index (κ3) is 4.75. The van der Waals surface area contributed by atoms with Crippen LogP contribution in [0, 0.1) is 18.8 Å². The van der Waals surface area contributed by atoms with Gasteiger partial charge < -0.3 is 0 Å². The van der Waals surface area contributed by atoms with Crippen LogP contribution in [0.1, 0.15) is 119 Å². The van der Waals surface area contributed by atoms with Crippen molar-refractivity contribution in [3.63, 3.8) is 0 Å². The van der Waals surface area contributed by atoms with Gasteiger partial charge in [-0.2, -0.15) is 0 Å².